The number of hydrogen-bond acceptors (Lipinski definition) is 7. The largest absolute Gasteiger partial charge is 0.379 e. The van der Waals surface area contributed by atoms with Crippen LogP contribution in [0.1, 0.15) is 35.1 Å². The SMILES string of the molecule is Cc1sc2nc(CN3CCOCC3)nc(Sc3nccn3C3CC3)c2c1C. The van der Waals surface area contributed by atoms with E-state index in [4.69, 9.17) is 14.7 Å². The molecule has 1 saturated heterocycles. The first-order chi connectivity index (χ1) is 13.2. The van der Waals surface area contributed by atoms with Gasteiger partial charge in [-0.15, -0.1) is 11.3 Å². The standard InChI is InChI=1S/C19H23N5OS2/c1-12-13(2)26-17-16(12)18(27-19-20-5-6-24(19)14-3-4-14)22-15(21-17)11-23-7-9-25-10-8-23/h5-6,14H,3-4,7-11H2,1-2H3. The molecular weight excluding hydrogens is 378 g/mol. The number of nitrogens with zero attached hydrogens (tertiary/aromatic N) is 5. The van der Waals surface area contributed by atoms with Crippen LogP contribution in [0.25, 0.3) is 10.2 Å². The molecule has 0 aromatic carbocycles. The third-order valence-electron chi connectivity index (χ3n) is 5.27. The topological polar surface area (TPSA) is 56.1 Å². The number of ether oxygens (including phenoxy) is 1. The van der Waals surface area contributed by atoms with Gasteiger partial charge in [-0.05, 0) is 44.0 Å². The molecule has 1 aliphatic carbocycles. The van der Waals surface area contributed by atoms with Gasteiger partial charge in [-0.2, -0.15) is 0 Å². The monoisotopic (exact) mass is 401 g/mol. The molecule has 0 bridgehead atoms. The molecule has 27 heavy (non-hydrogen) atoms. The van der Waals surface area contributed by atoms with E-state index in [-0.39, 0.29) is 0 Å². The van der Waals surface area contributed by atoms with E-state index in [1.807, 2.05) is 6.20 Å². The van der Waals surface area contributed by atoms with Gasteiger partial charge in [-0.25, -0.2) is 15.0 Å². The minimum Gasteiger partial charge on any atom is -0.379 e. The summed E-state index contributed by atoms with van der Waals surface area (Å²) in [5.74, 6) is 0.901. The van der Waals surface area contributed by atoms with E-state index in [2.05, 4.69) is 34.5 Å². The summed E-state index contributed by atoms with van der Waals surface area (Å²) >= 11 is 3.46. The molecule has 0 radical (unpaired) electrons. The lowest BCUT2D eigenvalue weighted by molar-refractivity contribution is 0.0330. The van der Waals surface area contributed by atoms with E-state index >= 15 is 0 Å². The molecule has 0 N–H and O–H groups in total. The molecule has 6 nitrogen and oxygen atoms in total. The molecule has 8 heteroatoms. The van der Waals surface area contributed by atoms with E-state index < -0.39 is 0 Å². The lowest BCUT2D eigenvalue weighted by atomic mass is 10.2. The summed E-state index contributed by atoms with van der Waals surface area (Å²) < 4.78 is 7.77. The van der Waals surface area contributed by atoms with Gasteiger partial charge in [0.2, 0.25) is 0 Å². The summed E-state index contributed by atoms with van der Waals surface area (Å²) in [4.78, 5) is 19.3. The molecule has 2 aliphatic rings. The highest BCUT2D eigenvalue weighted by Crippen LogP contribution is 2.41. The maximum atomic E-state index is 5.47. The van der Waals surface area contributed by atoms with Gasteiger partial charge in [0.05, 0.1) is 19.8 Å². The van der Waals surface area contributed by atoms with Gasteiger partial charge in [-0.3, -0.25) is 4.90 Å². The van der Waals surface area contributed by atoms with Crippen LogP contribution < -0.4 is 0 Å². The summed E-state index contributed by atoms with van der Waals surface area (Å²) in [5.41, 5.74) is 1.29. The van der Waals surface area contributed by atoms with E-state index in [1.54, 1.807) is 23.1 Å². The van der Waals surface area contributed by atoms with Crippen LogP contribution in [0.15, 0.2) is 22.6 Å². The Hall–Kier alpha value is -1.48. The highest BCUT2D eigenvalue weighted by atomic mass is 32.2. The Morgan fingerprint density at radius 3 is 2.81 bits per heavy atom. The molecule has 0 amide bonds. The minimum absolute atomic E-state index is 0.616. The molecule has 3 aromatic rings. The second-order valence-electron chi connectivity index (χ2n) is 7.25. The van der Waals surface area contributed by atoms with Crippen LogP contribution in [0.3, 0.4) is 0 Å². The molecule has 142 valence electrons. The Labute approximate surface area is 167 Å². The van der Waals surface area contributed by atoms with Crippen molar-refractivity contribution < 1.29 is 4.74 Å². The quantitative estimate of drug-likeness (QED) is 0.606. The van der Waals surface area contributed by atoms with Gasteiger partial charge in [0, 0.05) is 41.8 Å². The van der Waals surface area contributed by atoms with Crippen LogP contribution in [0.5, 0.6) is 0 Å². The lowest BCUT2D eigenvalue weighted by Crippen LogP contribution is -2.36. The number of aryl methyl sites for hydroxylation is 2. The number of aromatic nitrogens is 4. The maximum Gasteiger partial charge on any atom is 0.174 e. The molecule has 0 spiro atoms. The molecule has 2 fully saturated rings. The van der Waals surface area contributed by atoms with E-state index in [9.17, 15) is 0 Å². The molecule has 4 heterocycles. The second-order valence-corrected chi connectivity index (χ2v) is 9.41. The van der Waals surface area contributed by atoms with Crippen molar-refractivity contribution in [1.29, 1.82) is 0 Å². The average Bonchev–Trinajstić information content (AvgIpc) is 3.34. The third kappa shape index (κ3) is 3.51. The number of fused-ring (bicyclic) bond motifs is 1. The Morgan fingerprint density at radius 1 is 1.22 bits per heavy atom. The van der Waals surface area contributed by atoms with Crippen LogP contribution in [0.2, 0.25) is 0 Å². The summed E-state index contributed by atoms with van der Waals surface area (Å²) in [6, 6.07) is 0.616. The van der Waals surface area contributed by atoms with Gasteiger partial charge in [0.15, 0.2) is 5.16 Å². The number of rotatable bonds is 5. The highest BCUT2D eigenvalue weighted by molar-refractivity contribution is 7.99. The Balaban J connectivity index is 1.52. The van der Waals surface area contributed by atoms with Crippen molar-refractivity contribution >= 4 is 33.3 Å². The molecule has 0 unspecified atom stereocenters. The molecular formula is C19H23N5OS2. The van der Waals surface area contributed by atoms with Crippen molar-refractivity contribution in [2.75, 3.05) is 26.3 Å². The smallest absolute Gasteiger partial charge is 0.174 e. The lowest BCUT2D eigenvalue weighted by Gasteiger charge is -2.25. The third-order valence-corrected chi connectivity index (χ3v) is 7.36. The Bertz CT molecular complexity index is 972. The van der Waals surface area contributed by atoms with Crippen molar-refractivity contribution in [3.05, 3.63) is 28.7 Å². The molecule has 1 aliphatic heterocycles. The van der Waals surface area contributed by atoms with Crippen molar-refractivity contribution in [1.82, 2.24) is 24.4 Å². The number of morpholine rings is 1. The molecule has 0 atom stereocenters. The van der Waals surface area contributed by atoms with E-state index in [1.165, 1.54) is 28.7 Å². The maximum absolute atomic E-state index is 5.47. The zero-order valence-corrected chi connectivity index (χ0v) is 17.3. The fourth-order valence-corrected chi connectivity index (χ4v) is 5.67. The average molecular weight is 402 g/mol. The second kappa shape index (κ2) is 7.16. The number of imidazole rings is 1. The van der Waals surface area contributed by atoms with Gasteiger partial charge in [-0.1, -0.05) is 0 Å². The van der Waals surface area contributed by atoms with Crippen molar-refractivity contribution in [2.24, 2.45) is 0 Å². The zero-order chi connectivity index (χ0) is 18.4. The van der Waals surface area contributed by atoms with Gasteiger partial charge >= 0.3 is 0 Å². The van der Waals surface area contributed by atoms with Gasteiger partial charge in [0.25, 0.3) is 0 Å². The number of hydrogen-bond donors (Lipinski definition) is 0. The van der Waals surface area contributed by atoms with Gasteiger partial charge < -0.3 is 9.30 Å². The first-order valence-electron chi connectivity index (χ1n) is 9.46. The number of thiophene rings is 1. The van der Waals surface area contributed by atoms with Crippen LogP contribution in [-0.2, 0) is 11.3 Å². The van der Waals surface area contributed by atoms with Crippen molar-refractivity contribution in [3.8, 4) is 0 Å². The van der Waals surface area contributed by atoms with Gasteiger partial charge in [0.1, 0.15) is 15.7 Å². The van der Waals surface area contributed by atoms with Crippen LogP contribution in [0.4, 0.5) is 0 Å². The summed E-state index contributed by atoms with van der Waals surface area (Å²) in [6.07, 6.45) is 6.50. The first kappa shape index (κ1) is 17.6. The summed E-state index contributed by atoms with van der Waals surface area (Å²) in [5, 5.41) is 3.27. The summed E-state index contributed by atoms with van der Waals surface area (Å²) in [7, 11) is 0. The first-order valence-corrected chi connectivity index (χ1v) is 11.1. The molecule has 3 aromatic heterocycles. The fourth-order valence-electron chi connectivity index (χ4n) is 3.45. The van der Waals surface area contributed by atoms with Crippen LogP contribution in [-0.4, -0.2) is 50.7 Å². The predicted molar refractivity (Wildman–Crippen MR) is 108 cm³/mol. The van der Waals surface area contributed by atoms with E-state index in [0.717, 1.165) is 53.7 Å². The molecule has 5 rings (SSSR count). The van der Waals surface area contributed by atoms with Crippen molar-refractivity contribution in [2.45, 2.75) is 49.5 Å². The van der Waals surface area contributed by atoms with Crippen molar-refractivity contribution in [3.63, 3.8) is 0 Å². The fraction of sp³-hybridized carbons (Fsp3) is 0.526. The van der Waals surface area contributed by atoms with Crippen LogP contribution in [0, 0.1) is 13.8 Å². The van der Waals surface area contributed by atoms with E-state index in [0.29, 0.717) is 6.04 Å². The zero-order valence-electron chi connectivity index (χ0n) is 15.6. The normalized spacial score (nSPS) is 18.4. The Morgan fingerprint density at radius 2 is 2.04 bits per heavy atom. The minimum atomic E-state index is 0.616. The van der Waals surface area contributed by atoms with Crippen LogP contribution >= 0.6 is 23.1 Å². The predicted octanol–water partition coefficient (Wildman–Crippen LogP) is 3.82. The highest BCUT2D eigenvalue weighted by Gasteiger charge is 2.27. The molecule has 1 saturated carbocycles. The summed E-state index contributed by atoms with van der Waals surface area (Å²) in [6.45, 7) is 8.59. The Kier molecular flexibility index (Phi) is 4.67.